The molecule has 0 aliphatic heterocycles. The van der Waals surface area contributed by atoms with Gasteiger partial charge in [-0.3, -0.25) is 0 Å². The van der Waals surface area contributed by atoms with E-state index in [1.165, 1.54) is 0 Å². The fraction of sp³-hybridized carbons (Fsp3) is 0.214. The molecule has 0 aliphatic carbocycles. The number of anilines is 1. The number of hydrogen-bond acceptors (Lipinski definition) is 6. The van der Waals surface area contributed by atoms with E-state index in [1.807, 2.05) is 80.6 Å². The zero-order valence-electron chi connectivity index (χ0n) is 20.4. The molecule has 0 fully saturated rings. The Labute approximate surface area is 222 Å². The van der Waals surface area contributed by atoms with Gasteiger partial charge >= 0.3 is 21.1 Å². The van der Waals surface area contributed by atoms with Crippen LogP contribution in [0.5, 0.6) is 5.75 Å². The third kappa shape index (κ3) is 8.29. The quantitative estimate of drug-likeness (QED) is 0.290. The minimum Gasteiger partial charge on any atom is -0.497 e. The molecular weight excluding hydrogens is 619 g/mol. The Bertz CT molecular complexity index is 1200. The standard InChI is InChI=1S/2C14H15N2O.Pt/c1-16(2)13-5-3-4-12(9-13)14-8-11(10-17)6-7-15-14;1-15-10-11-4-3-5-12(8-11)14-9-13(17-2)6-7-16-14;/h3-8,17H,10H2,1-2H3;3-7,9,15H,10H2,1-2H3;/q2*-1;+2. The minimum atomic E-state index is 0. The van der Waals surface area contributed by atoms with Gasteiger partial charge < -0.3 is 30.0 Å². The molecule has 35 heavy (non-hydrogen) atoms. The van der Waals surface area contributed by atoms with E-state index in [2.05, 4.69) is 27.4 Å². The van der Waals surface area contributed by atoms with Crippen LogP contribution in [0.25, 0.3) is 22.5 Å². The maximum atomic E-state index is 9.11. The van der Waals surface area contributed by atoms with Crippen LogP contribution in [-0.4, -0.2) is 43.3 Å². The number of aromatic nitrogens is 2. The Balaban J connectivity index is 0.000000240. The van der Waals surface area contributed by atoms with Crippen LogP contribution in [0, 0.1) is 12.1 Å². The molecule has 6 nitrogen and oxygen atoms in total. The van der Waals surface area contributed by atoms with Gasteiger partial charge in [0.2, 0.25) is 0 Å². The van der Waals surface area contributed by atoms with Crippen LogP contribution < -0.4 is 15.0 Å². The molecule has 0 saturated carbocycles. The minimum absolute atomic E-state index is 0. The normalized spacial score (nSPS) is 9.97. The Hall–Kier alpha value is -3.05. The van der Waals surface area contributed by atoms with Crippen LogP contribution >= 0.6 is 0 Å². The second-order valence-electron chi connectivity index (χ2n) is 7.75. The molecule has 2 aromatic heterocycles. The molecule has 0 unspecified atom stereocenters. The third-order valence-electron chi connectivity index (χ3n) is 5.01. The van der Waals surface area contributed by atoms with Gasteiger partial charge in [-0.05, 0) is 47.9 Å². The van der Waals surface area contributed by atoms with E-state index < -0.39 is 0 Å². The van der Waals surface area contributed by atoms with Crippen molar-refractivity contribution in [2.75, 3.05) is 33.2 Å². The van der Waals surface area contributed by atoms with E-state index in [9.17, 15) is 0 Å². The zero-order valence-corrected chi connectivity index (χ0v) is 22.6. The Morgan fingerprint density at radius 1 is 0.914 bits per heavy atom. The summed E-state index contributed by atoms with van der Waals surface area (Å²) in [5.74, 6) is 0.808. The third-order valence-corrected chi connectivity index (χ3v) is 5.01. The molecule has 4 rings (SSSR count). The maximum absolute atomic E-state index is 9.11. The van der Waals surface area contributed by atoms with Crippen molar-refractivity contribution in [2.24, 2.45) is 0 Å². The molecule has 2 heterocycles. The predicted octanol–water partition coefficient (Wildman–Crippen LogP) is 4.38. The molecule has 7 heteroatoms. The largest absolute Gasteiger partial charge is 2.00 e. The summed E-state index contributed by atoms with van der Waals surface area (Å²) in [4.78, 5) is 10.6. The van der Waals surface area contributed by atoms with E-state index in [-0.39, 0.29) is 27.7 Å². The summed E-state index contributed by atoms with van der Waals surface area (Å²) in [5, 5.41) is 12.2. The number of hydrogen-bond donors (Lipinski definition) is 2. The van der Waals surface area contributed by atoms with Gasteiger partial charge in [-0.15, -0.1) is 65.2 Å². The fourth-order valence-electron chi connectivity index (χ4n) is 3.23. The van der Waals surface area contributed by atoms with Crippen molar-refractivity contribution < 1.29 is 30.9 Å². The summed E-state index contributed by atoms with van der Waals surface area (Å²) >= 11 is 0. The van der Waals surface area contributed by atoms with Crippen molar-refractivity contribution in [1.29, 1.82) is 0 Å². The van der Waals surface area contributed by atoms with E-state index in [0.29, 0.717) is 0 Å². The van der Waals surface area contributed by atoms with Crippen molar-refractivity contribution in [3.05, 3.63) is 96.3 Å². The van der Waals surface area contributed by atoms with Gasteiger partial charge in [-0.25, -0.2) is 0 Å². The van der Waals surface area contributed by atoms with Crippen LogP contribution in [0.3, 0.4) is 0 Å². The van der Waals surface area contributed by atoms with Gasteiger partial charge in [-0.2, -0.15) is 0 Å². The number of rotatable bonds is 7. The SMILES string of the molecule is CN(C)c1[c-]c(-c2cc(CO)ccn2)ccc1.CNCc1[c-]c(-c2cc(OC)ccn2)ccc1.[Pt+2]. The average molecular weight is 650 g/mol. The fourth-order valence-corrected chi connectivity index (χ4v) is 3.23. The van der Waals surface area contributed by atoms with Crippen LogP contribution in [-0.2, 0) is 34.2 Å². The molecule has 0 bridgehead atoms. The molecule has 2 aromatic carbocycles. The molecule has 0 saturated heterocycles. The molecule has 2 N–H and O–H groups in total. The number of methoxy groups -OCH3 is 1. The Morgan fingerprint density at radius 2 is 1.57 bits per heavy atom. The smallest absolute Gasteiger partial charge is 0.497 e. The zero-order chi connectivity index (χ0) is 24.3. The number of benzene rings is 2. The van der Waals surface area contributed by atoms with Crippen LogP contribution in [0.2, 0.25) is 0 Å². The summed E-state index contributed by atoms with van der Waals surface area (Å²) in [5.41, 5.74) is 6.62. The molecule has 4 aromatic rings. The number of pyridine rings is 2. The molecule has 0 aliphatic rings. The summed E-state index contributed by atoms with van der Waals surface area (Å²) in [6, 6.07) is 26.1. The van der Waals surface area contributed by atoms with Gasteiger partial charge in [0.25, 0.3) is 0 Å². The first-order chi connectivity index (χ1) is 16.5. The first kappa shape index (κ1) is 28.2. The van der Waals surface area contributed by atoms with Crippen molar-refractivity contribution in [2.45, 2.75) is 13.2 Å². The maximum Gasteiger partial charge on any atom is 2.00 e. The predicted molar refractivity (Wildman–Crippen MR) is 137 cm³/mol. The van der Waals surface area contributed by atoms with E-state index in [0.717, 1.165) is 51.6 Å². The van der Waals surface area contributed by atoms with Gasteiger partial charge in [0.1, 0.15) is 5.75 Å². The number of nitrogens with zero attached hydrogens (tertiary/aromatic N) is 3. The molecule has 0 amide bonds. The first-order valence-corrected chi connectivity index (χ1v) is 11.0. The summed E-state index contributed by atoms with van der Waals surface area (Å²) in [6.45, 7) is 0.834. The molecule has 184 valence electrons. The van der Waals surface area contributed by atoms with Crippen LogP contribution in [0.1, 0.15) is 11.1 Å². The van der Waals surface area contributed by atoms with E-state index in [4.69, 9.17) is 9.84 Å². The monoisotopic (exact) mass is 649 g/mol. The van der Waals surface area contributed by atoms with Crippen LogP contribution in [0.4, 0.5) is 5.69 Å². The van der Waals surface area contributed by atoms with Crippen LogP contribution in [0.15, 0.2) is 73.1 Å². The molecule has 0 atom stereocenters. The van der Waals surface area contributed by atoms with Crippen molar-refractivity contribution in [3.8, 4) is 28.3 Å². The van der Waals surface area contributed by atoms with Gasteiger partial charge in [-0.1, -0.05) is 6.07 Å². The number of aliphatic hydroxyl groups is 1. The topological polar surface area (TPSA) is 70.5 Å². The van der Waals surface area contributed by atoms with Crippen molar-refractivity contribution in [3.63, 3.8) is 0 Å². The second-order valence-corrected chi connectivity index (χ2v) is 7.75. The first-order valence-electron chi connectivity index (χ1n) is 11.0. The van der Waals surface area contributed by atoms with E-state index in [1.54, 1.807) is 25.6 Å². The Morgan fingerprint density at radius 3 is 2.23 bits per heavy atom. The number of ether oxygens (including phenoxy) is 1. The van der Waals surface area contributed by atoms with Crippen molar-refractivity contribution >= 4 is 5.69 Å². The summed E-state index contributed by atoms with van der Waals surface area (Å²) in [7, 11) is 7.53. The van der Waals surface area contributed by atoms with E-state index >= 15 is 0 Å². The summed E-state index contributed by atoms with van der Waals surface area (Å²) < 4.78 is 5.19. The molecule has 0 spiro atoms. The van der Waals surface area contributed by atoms with Gasteiger partial charge in [0.05, 0.1) is 13.7 Å². The summed E-state index contributed by atoms with van der Waals surface area (Å²) in [6.07, 6.45) is 3.45. The van der Waals surface area contributed by atoms with Gasteiger partial charge in [0, 0.05) is 33.0 Å². The second kappa shape index (κ2) is 14.4. The number of nitrogens with one attached hydrogen (secondary N) is 1. The average Bonchev–Trinajstić information content (AvgIpc) is 2.89. The van der Waals surface area contributed by atoms with Gasteiger partial charge in [0.15, 0.2) is 0 Å². The molecule has 0 radical (unpaired) electrons. The Kier molecular flexibility index (Phi) is 11.6. The number of aliphatic hydroxyl groups excluding tert-OH is 1. The van der Waals surface area contributed by atoms with Crippen molar-refractivity contribution in [1.82, 2.24) is 15.3 Å². The molecular formula is C28H30N4O2Pt.